The van der Waals surface area contributed by atoms with Gasteiger partial charge in [0.15, 0.2) is 5.96 Å². The average Bonchev–Trinajstić information content (AvgIpc) is 3.25. The molecular weight excluding hydrogens is 404 g/mol. The van der Waals surface area contributed by atoms with Crippen LogP contribution in [0.1, 0.15) is 36.5 Å². The Balaban J connectivity index is 1.43. The van der Waals surface area contributed by atoms with Gasteiger partial charge in [-0.3, -0.25) is 9.79 Å². The number of aliphatic imine (C=N–C) groups is 1. The molecule has 32 heavy (non-hydrogen) atoms. The van der Waals surface area contributed by atoms with E-state index in [-0.39, 0.29) is 5.91 Å². The van der Waals surface area contributed by atoms with Crippen LogP contribution in [0.2, 0.25) is 0 Å². The number of rotatable bonds is 11. The summed E-state index contributed by atoms with van der Waals surface area (Å²) in [7, 11) is 1.76. The van der Waals surface area contributed by atoms with Gasteiger partial charge in [-0.05, 0) is 42.2 Å². The lowest BCUT2D eigenvalue weighted by molar-refractivity contribution is -0.117. The highest BCUT2D eigenvalue weighted by atomic mass is 16.5. The quantitative estimate of drug-likeness (QED) is 0.320. The molecule has 1 aliphatic rings. The van der Waals surface area contributed by atoms with Crippen molar-refractivity contribution in [1.82, 2.24) is 10.6 Å². The summed E-state index contributed by atoms with van der Waals surface area (Å²) in [6.45, 7) is 6.63. The van der Waals surface area contributed by atoms with E-state index in [1.165, 1.54) is 5.56 Å². The Hall–Kier alpha value is -2.90. The van der Waals surface area contributed by atoms with Crippen LogP contribution in [-0.4, -0.2) is 45.3 Å². The van der Waals surface area contributed by atoms with Crippen molar-refractivity contribution < 1.29 is 14.3 Å². The number of benzene rings is 2. The predicted molar refractivity (Wildman–Crippen MR) is 128 cm³/mol. The first-order valence-corrected chi connectivity index (χ1v) is 11.3. The third-order valence-corrected chi connectivity index (χ3v) is 5.30. The Labute approximate surface area is 190 Å². The second-order valence-electron chi connectivity index (χ2n) is 7.66. The molecule has 1 aliphatic heterocycles. The highest BCUT2D eigenvalue weighted by molar-refractivity contribution is 5.95. The molecule has 1 heterocycles. The summed E-state index contributed by atoms with van der Waals surface area (Å²) in [5, 5.41) is 6.70. The Morgan fingerprint density at radius 2 is 1.72 bits per heavy atom. The maximum atomic E-state index is 11.9. The van der Waals surface area contributed by atoms with Crippen LogP contribution in [0.25, 0.3) is 0 Å². The van der Waals surface area contributed by atoms with Gasteiger partial charge >= 0.3 is 0 Å². The summed E-state index contributed by atoms with van der Waals surface area (Å²) in [6.07, 6.45) is 1.59. The van der Waals surface area contributed by atoms with Crippen LogP contribution in [0.3, 0.4) is 0 Å². The Morgan fingerprint density at radius 3 is 2.41 bits per heavy atom. The van der Waals surface area contributed by atoms with E-state index >= 15 is 0 Å². The fourth-order valence-electron chi connectivity index (χ4n) is 3.59. The number of hydrogen-bond acceptors (Lipinski definition) is 4. The topological polar surface area (TPSA) is 75.2 Å². The maximum Gasteiger partial charge on any atom is 0.227 e. The molecule has 2 aromatic rings. The van der Waals surface area contributed by atoms with E-state index in [1.807, 2.05) is 30.0 Å². The summed E-state index contributed by atoms with van der Waals surface area (Å²) >= 11 is 0. The van der Waals surface area contributed by atoms with Crippen LogP contribution in [0.5, 0.6) is 0 Å². The highest BCUT2D eigenvalue weighted by Gasteiger charge is 2.21. The summed E-state index contributed by atoms with van der Waals surface area (Å²) in [5.74, 6) is 0.948. The van der Waals surface area contributed by atoms with Gasteiger partial charge in [-0.25, -0.2) is 0 Å². The normalized spacial score (nSPS) is 14.1. The zero-order valence-electron chi connectivity index (χ0n) is 19.1. The number of nitrogens with zero attached hydrogens (tertiary/aromatic N) is 2. The minimum atomic E-state index is 0.210. The van der Waals surface area contributed by atoms with Crippen molar-refractivity contribution in [3.63, 3.8) is 0 Å². The van der Waals surface area contributed by atoms with E-state index in [1.54, 1.807) is 7.05 Å². The third-order valence-electron chi connectivity index (χ3n) is 5.30. The van der Waals surface area contributed by atoms with Crippen molar-refractivity contribution in [3.8, 4) is 0 Å². The van der Waals surface area contributed by atoms with Crippen LogP contribution in [-0.2, 0) is 34.0 Å². The van der Waals surface area contributed by atoms with Gasteiger partial charge in [0.1, 0.15) is 0 Å². The first-order chi connectivity index (χ1) is 15.7. The highest BCUT2D eigenvalue weighted by Crippen LogP contribution is 2.21. The minimum absolute atomic E-state index is 0.210. The molecule has 1 fully saturated rings. The fraction of sp³-hybridized carbons (Fsp3) is 0.440. The van der Waals surface area contributed by atoms with E-state index in [2.05, 4.69) is 46.0 Å². The standard InChI is InChI=1S/C25H34N4O3/c1-3-31-14-15-32-19-22-7-4-6-21(16-22)18-28-25(26-2)27-17-20-9-11-23(12-10-20)29-13-5-8-24(29)30/h4,6-7,9-12,16H,3,5,8,13-15,17-19H2,1-2H3,(H2,26,27,28). The second-order valence-corrected chi connectivity index (χ2v) is 7.66. The van der Waals surface area contributed by atoms with Gasteiger partial charge in [0, 0.05) is 45.4 Å². The number of ether oxygens (including phenoxy) is 2. The summed E-state index contributed by atoms with van der Waals surface area (Å²) < 4.78 is 10.9. The van der Waals surface area contributed by atoms with Crippen LogP contribution in [0.15, 0.2) is 53.5 Å². The number of carbonyl (C=O) groups excluding carboxylic acids is 1. The first-order valence-electron chi connectivity index (χ1n) is 11.3. The SMILES string of the molecule is CCOCCOCc1cccc(CNC(=NC)NCc2ccc(N3CCCC3=O)cc2)c1. The number of amides is 1. The van der Waals surface area contributed by atoms with Gasteiger partial charge in [0.25, 0.3) is 0 Å². The molecule has 2 N–H and O–H groups in total. The Kier molecular flexibility index (Phi) is 9.53. The molecule has 0 saturated carbocycles. The molecule has 3 rings (SSSR count). The molecule has 0 spiro atoms. The van der Waals surface area contributed by atoms with E-state index in [9.17, 15) is 4.79 Å². The van der Waals surface area contributed by atoms with Crippen molar-refractivity contribution >= 4 is 17.6 Å². The molecule has 0 aromatic heterocycles. The van der Waals surface area contributed by atoms with Crippen LogP contribution in [0.4, 0.5) is 5.69 Å². The molecule has 0 atom stereocenters. The smallest absolute Gasteiger partial charge is 0.227 e. The third kappa shape index (κ3) is 7.35. The average molecular weight is 439 g/mol. The summed E-state index contributed by atoms with van der Waals surface area (Å²) in [4.78, 5) is 18.1. The summed E-state index contributed by atoms with van der Waals surface area (Å²) in [5.41, 5.74) is 4.41. The first kappa shape index (κ1) is 23.8. The molecule has 172 valence electrons. The van der Waals surface area contributed by atoms with Gasteiger partial charge in [-0.15, -0.1) is 0 Å². The van der Waals surface area contributed by atoms with Crippen molar-refractivity contribution in [2.75, 3.05) is 38.3 Å². The summed E-state index contributed by atoms with van der Waals surface area (Å²) in [6, 6.07) is 16.5. The minimum Gasteiger partial charge on any atom is -0.379 e. The Bertz CT molecular complexity index is 883. The molecule has 1 saturated heterocycles. The predicted octanol–water partition coefficient (Wildman–Crippen LogP) is 3.23. The van der Waals surface area contributed by atoms with Crippen molar-refractivity contribution in [1.29, 1.82) is 0 Å². The van der Waals surface area contributed by atoms with Gasteiger partial charge in [-0.1, -0.05) is 36.4 Å². The molecule has 0 radical (unpaired) electrons. The van der Waals surface area contributed by atoms with E-state index < -0.39 is 0 Å². The van der Waals surface area contributed by atoms with Crippen molar-refractivity contribution in [3.05, 3.63) is 65.2 Å². The van der Waals surface area contributed by atoms with Crippen LogP contribution < -0.4 is 15.5 Å². The van der Waals surface area contributed by atoms with Gasteiger partial charge < -0.3 is 25.0 Å². The monoisotopic (exact) mass is 438 g/mol. The van der Waals surface area contributed by atoms with Gasteiger partial charge in [0.05, 0.1) is 19.8 Å². The lowest BCUT2D eigenvalue weighted by atomic mass is 10.1. The van der Waals surface area contributed by atoms with Crippen LogP contribution in [0, 0.1) is 0 Å². The maximum absolute atomic E-state index is 11.9. The molecule has 0 bridgehead atoms. The zero-order valence-corrected chi connectivity index (χ0v) is 19.1. The molecule has 7 heteroatoms. The number of guanidine groups is 1. The van der Waals surface area contributed by atoms with Gasteiger partial charge in [0.2, 0.25) is 5.91 Å². The molecule has 0 aliphatic carbocycles. The van der Waals surface area contributed by atoms with Crippen molar-refractivity contribution in [2.45, 2.75) is 39.5 Å². The lowest BCUT2D eigenvalue weighted by Crippen LogP contribution is -2.36. The van der Waals surface area contributed by atoms with E-state index in [4.69, 9.17) is 9.47 Å². The molecular formula is C25H34N4O3. The number of hydrogen-bond donors (Lipinski definition) is 2. The number of carbonyl (C=O) groups is 1. The molecule has 0 unspecified atom stereocenters. The van der Waals surface area contributed by atoms with E-state index in [0.717, 1.165) is 35.7 Å². The largest absolute Gasteiger partial charge is 0.379 e. The second kappa shape index (κ2) is 12.8. The number of nitrogens with one attached hydrogen (secondary N) is 2. The van der Waals surface area contributed by atoms with E-state index in [0.29, 0.717) is 45.9 Å². The van der Waals surface area contributed by atoms with Gasteiger partial charge in [-0.2, -0.15) is 0 Å². The van der Waals surface area contributed by atoms with Crippen LogP contribution >= 0.6 is 0 Å². The fourth-order valence-corrected chi connectivity index (χ4v) is 3.59. The Morgan fingerprint density at radius 1 is 1.00 bits per heavy atom. The zero-order chi connectivity index (χ0) is 22.6. The molecule has 7 nitrogen and oxygen atoms in total. The van der Waals surface area contributed by atoms with Crippen molar-refractivity contribution in [2.24, 2.45) is 4.99 Å². The number of anilines is 1. The molecule has 1 amide bonds. The lowest BCUT2D eigenvalue weighted by Gasteiger charge is -2.16. The molecule has 2 aromatic carbocycles.